The fourth-order valence-electron chi connectivity index (χ4n) is 4.61. The zero-order chi connectivity index (χ0) is 25.9. The monoisotopic (exact) mass is 518 g/mol. The van der Waals surface area contributed by atoms with Crippen molar-refractivity contribution in [2.45, 2.75) is 38.3 Å². The van der Waals surface area contributed by atoms with E-state index in [1.165, 1.54) is 12.7 Å². The molecule has 1 aromatic carbocycles. The van der Waals surface area contributed by atoms with Gasteiger partial charge in [-0.2, -0.15) is 5.10 Å². The van der Waals surface area contributed by atoms with Gasteiger partial charge in [0.15, 0.2) is 0 Å². The number of carbonyl (C=O) groups is 2. The molecule has 0 radical (unpaired) electrons. The molecule has 11 heteroatoms. The number of aromatic nitrogens is 3. The van der Waals surface area contributed by atoms with Crippen LogP contribution < -0.4 is 4.74 Å². The molecule has 0 aliphatic carbocycles. The summed E-state index contributed by atoms with van der Waals surface area (Å²) in [6.45, 7) is 9.61. The van der Waals surface area contributed by atoms with Crippen molar-refractivity contribution in [1.82, 2.24) is 29.5 Å². The van der Waals surface area contributed by atoms with Crippen LogP contribution in [0.4, 0.5) is 0 Å². The van der Waals surface area contributed by atoms with E-state index >= 15 is 0 Å². The fourth-order valence-corrected chi connectivity index (χ4v) is 4.73. The van der Waals surface area contributed by atoms with Crippen molar-refractivity contribution in [3.8, 4) is 5.75 Å². The summed E-state index contributed by atoms with van der Waals surface area (Å²) >= 11 is 6.17. The molecule has 2 aliphatic heterocycles. The lowest BCUT2D eigenvalue weighted by atomic mass is 9.94. The van der Waals surface area contributed by atoms with E-state index in [2.05, 4.69) is 22.0 Å². The lowest BCUT2D eigenvalue weighted by Crippen LogP contribution is -2.61. The third-order valence-electron chi connectivity index (χ3n) is 7.01. The summed E-state index contributed by atoms with van der Waals surface area (Å²) in [5.41, 5.74) is -1.03. The molecule has 2 amide bonds. The van der Waals surface area contributed by atoms with Gasteiger partial charge in [0, 0.05) is 37.7 Å². The summed E-state index contributed by atoms with van der Waals surface area (Å²) in [4.78, 5) is 36.8. The van der Waals surface area contributed by atoms with Gasteiger partial charge < -0.3 is 24.2 Å². The van der Waals surface area contributed by atoms with Crippen molar-refractivity contribution in [3.63, 3.8) is 0 Å². The molecule has 4 rings (SSSR count). The van der Waals surface area contributed by atoms with Gasteiger partial charge in [0.2, 0.25) is 11.8 Å². The van der Waals surface area contributed by atoms with Crippen LogP contribution in [0.2, 0.25) is 5.02 Å². The molecule has 0 N–H and O–H groups in total. The van der Waals surface area contributed by atoms with E-state index in [-0.39, 0.29) is 31.4 Å². The van der Waals surface area contributed by atoms with Gasteiger partial charge in [-0.3, -0.25) is 9.59 Å². The molecule has 10 nitrogen and oxygen atoms in total. The number of amides is 2. The molecule has 2 fully saturated rings. The van der Waals surface area contributed by atoms with Gasteiger partial charge in [0.1, 0.15) is 36.2 Å². The first kappa shape index (κ1) is 26.4. The Morgan fingerprint density at radius 3 is 2.58 bits per heavy atom. The number of aryl methyl sites for hydroxylation is 1. The maximum absolute atomic E-state index is 13.6. The van der Waals surface area contributed by atoms with Crippen molar-refractivity contribution in [2.75, 3.05) is 59.5 Å². The Hall–Kier alpha value is -2.69. The molecule has 0 unspecified atom stereocenters. The molecule has 0 bridgehead atoms. The first-order valence-corrected chi connectivity index (χ1v) is 12.6. The summed E-state index contributed by atoms with van der Waals surface area (Å²) < 4.78 is 14.0. The second-order valence-electron chi connectivity index (χ2n) is 10.2. The van der Waals surface area contributed by atoms with Crippen LogP contribution in [-0.4, -0.2) is 106 Å². The van der Waals surface area contributed by atoms with Crippen LogP contribution >= 0.6 is 11.6 Å². The Kier molecular flexibility index (Phi) is 7.87. The van der Waals surface area contributed by atoms with Gasteiger partial charge in [-0.1, -0.05) is 11.6 Å². The van der Waals surface area contributed by atoms with Gasteiger partial charge in [0.25, 0.3) is 0 Å². The second-order valence-corrected chi connectivity index (χ2v) is 10.6. The van der Waals surface area contributed by atoms with E-state index in [0.29, 0.717) is 37.0 Å². The van der Waals surface area contributed by atoms with Crippen LogP contribution in [0.5, 0.6) is 5.75 Å². The van der Waals surface area contributed by atoms with Gasteiger partial charge >= 0.3 is 0 Å². The van der Waals surface area contributed by atoms with Gasteiger partial charge in [-0.15, -0.1) is 0 Å². The Morgan fingerprint density at radius 1 is 1.17 bits per heavy atom. The number of hydrogen-bond donors (Lipinski definition) is 0. The highest BCUT2D eigenvalue weighted by Gasteiger charge is 2.45. The first-order chi connectivity index (χ1) is 17.1. The molecular weight excluding hydrogens is 484 g/mol. The number of halogens is 1. The molecule has 2 aromatic rings. The van der Waals surface area contributed by atoms with Crippen LogP contribution in [0.15, 0.2) is 30.9 Å². The highest BCUT2D eigenvalue weighted by molar-refractivity contribution is 6.31. The summed E-state index contributed by atoms with van der Waals surface area (Å²) in [6.07, 6.45) is 3.07. The van der Waals surface area contributed by atoms with E-state index in [0.717, 1.165) is 18.7 Å². The van der Waals surface area contributed by atoms with E-state index in [4.69, 9.17) is 21.1 Å². The highest BCUT2D eigenvalue weighted by Crippen LogP contribution is 2.29. The van der Waals surface area contributed by atoms with Crippen molar-refractivity contribution in [2.24, 2.45) is 0 Å². The van der Waals surface area contributed by atoms with Crippen molar-refractivity contribution < 1.29 is 19.1 Å². The van der Waals surface area contributed by atoms with Gasteiger partial charge in [-0.25, -0.2) is 9.67 Å². The van der Waals surface area contributed by atoms with Crippen molar-refractivity contribution in [1.29, 1.82) is 0 Å². The maximum atomic E-state index is 13.6. The maximum Gasteiger partial charge on any atom is 0.250 e. The fraction of sp³-hybridized carbons (Fsp3) is 0.600. The number of morpholine rings is 1. The molecule has 3 heterocycles. The number of benzene rings is 1. The zero-order valence-electron chi connectivity index (χ0n) is 21.4. The van der Waals surface area contributed by atoms with E-state index in [1.807, 2.05) is 31.7 Å². The summed E-state index contributed by atoms with van der Waals surface area (Å²) in [6, 6.07) is 5.44. The van der Waals surface area contributed by atoms with E-state index < -0.39 is 11.1 Å². The molecule has 196 valence electrons. The minimum Gasteiger partial charge on any atom is -0.490 e. The molecule has 1 aromatic heterocycles. The number of rotatable bonds is 7. The van der Waals surface area contributed by atoms with Crippen molar-refractivity contribution in [3.05, 3.63) is 41.4 Å². The minimum atomic E-state index is -0.986. The van der Waals surface area contributed by atoms with Gasteiger partial charge in [-0.05, 0) is 51.6 Å². The number of ether oxygens (including phenoxy) is 2. The largest absolute Gasteiger partial charge is 0.490 e. The zero-order valence-corrected chi connectivity index (χ0v) is 22.2. The molecule has 0 saturated carbocycles. The number of piperazine rings is 1. The van der Waals surface area contributed by atoms with Gasteiger partial charge in [0.05, 0.1) is 19.6 Å². The molecule has 0 spiro atoms. The lowest BCUT2D eigenvalue weighted by molar-refractivity contribution is -0.170. The topological polar surface area (TPSA) is 93.0 Å². The number of likely N-dealkylation sites (N-methyl/N-ethyl adjacent to an activating group) is 1. The van der Waals surface area contributed by atoms with E-state index in [9.17, 15) is 9.59 Å². The standard InChI is InChI=1S/C25H35ClN6O4/c1-19-13-20(5-6-21(19)26)35-16-25(14-22(33)30-9-7-29(4)8-10-30)15-31(11-12-36-25)23(34)24(2,3)32-18-27-17-28-32/h5-6,13,17-18H,7-12,14-16H2,1-4H3/t25-/m1/s1. The van der Waals surface area contributed by atoms with Crippen LogP contribution in [-0.2, 0) is 19.9 Å². The van der Waals surface area contributed by atoms with Crippen LogP contribution in [0.25, 0.3) is 0 Å². The summed E-state index contributed by atoms with van der Waals surface area (Å²) in [5.74, 6) is 0.525. The summed E-state index contributed by atoms with van der Waals surface area (Å²) in [5, 5.41) is 4.83. The van der Waals surface area contributed by atoms with Crippen LogP contribution in [0.1, 0.15) is 25.8 Å². The predicted octanol–water partition coefficient (Wildman–Crippen LogP) is 1.82. The third-order valence-corrected chi connectivity index (χ3v) is 7.44. The molecule has 2 aliphatic rings. The van der Waals surface area contributed by atoms with E-state index in [1.54, 1.807) is 21.7 Å². The molecule has 2 saturated heterocycles. The highest BCUT2D eigenvalue weighted by atomic mass is 35.5. The molecular formula is C25H35ClN6O4. The third kappa shape index (κ3) is 5.82. The quantitative estimate of drug-likeness (QED) is 0.552. The average Bonchev–Trinajstić information content (AvgIpc) is 3.41. The lowest BCUT2D eigenvalue weighted by Gasteiger charge is -2.45. The second kappa shape index (κ2) is 10.7. The molecule has 1 atom stereocenters. The molecule has 36 heavy (non-hydrogen) atoms. The number of nitrogens with zero attached hydrogens (tertiary/aromatic N) is 6. The Labute approximate surface area is 217 Å². The summed E-state index contributed by atoms with van der Waals surface area (Å²) in [7, 11) is 2.05. The van der Waals surface area contributed by atoms with Crippen molar-refractivity contribution >= 4 is 23.4 Å². The Balaban J connectivity index is 1.54. The first-order valence-electron chi connectivity index (χ1n) is 12.2. The Morgan fingerprint density at radius 2 is 1.92 bits per heavy atom. The SMILES string of the molecule is Cc1cc(OC[C@@]2(CC(=O)N3CCN(C)CC3)CN(C(=O)C(C)(C)n3cncn3)CCO2)ccc1Cl. The Bertz CT molecular complexity index is 1070. The number of carbonyl (C=O) groups excluding carboxylic acids is 2. The van der Waals surface area contributed by atoms with Crippen LogP contribution in [0.3, 0.4) is 0 Å². The predicted molar refractivity (Wildman–Crippen MR) is 135 cm³/mol. The van der Waals surface area contributed by atoms with Crippen LogP contribution in [0, 0.1) is 6.92 Å². The number of hydrogen-bond acceptors (Lipinski definition) is 7. The smallest absolute Gasteiger partial charge is 0.250 e. The average molecular weight is 519 g/mol. The minimum absolute atomic E-state index is 0.00354. The normalized spacial score (nSPS) is 21.5.